The fraction of sp³-hybridized carbons (Fsp3) is 0.500. The summed E-state index contributed by atoms with van der Waals surface area (Å²) in [5, 5.41) is 3.26. The van der Waals surface area contributed by atoms with Crippen molar-refractivity contribution >= 4 is 17.7 Å². The highest BCUT2D eigenvalue weighted by atomic mass is 19.1. The van der Waals surface area contributed by atoms with E-state index in [1.807, 2.05) is 56.0 Å². The maximum atomic E-state index is 13.7. The Labute approximate surface area is 225 Å². The smallest absolute Gasteiger partial charge is 0.254 e. The van der Waals surface area contributed by atoms with E-state index >= 15 is 0 Å². The first kappa shape index (κ1) is 27.8. The molecule has 0 aromatic heterocycles. The summed E-state index contributed by atoms with van der Waals surface area (Å²) in [6.07, 6.45) is 1.45. The molecule has 2 saturated heterocycles. The summed E-state index contributed by atoms with van der Waals surface area (Å²) in [6.45, 7) is 9.47. The molecule has 1 N–H and O–H groups in total. The van der Waals surface area contributed by atoms with Gasteiger partial charge in [-0.05, 0) is 48.1 Å². The van der Waals surface area contributed by atoms with E-state index in [0.717, 1.165) is 5.56 Å². The van der Waals surface area contributed by atoms with Crippen molar-refractivity contribution < 1.29 is 18.8 Å². The molecular formula is C30H39FN4O3. The second-order valence-corrected chi connectivity index (χ2v) is 11.5. The normalized spacial score (nSPS) is 19.9. The van der Waals surface area contributed by atoms with Crippen molar-refractivity contribution in [1.82, 2.24) is 20.0 Å². The Morgan fingerprint density at radius 3 is 2.29 bits per heavy atom. The van der Waals surface area contributed by atoms with Gasteiger partial charge in [-0.15, -0.1) is 0 Å². The van der Waals surface area contributed by atoms with E-state index in [0.29, 0.717) is 57.5 Å². The summed E-state index contributed by atoms with van der Waals surface area (Å²) < 4.78 is 13.6. The highest BCUT2D eigenvalue weighted by molar-refractivity contribution is 5.98. The summed E-state index contributed by atoms with van der Waals surface area (Å²) in [6, 6.07) is 14.5. The first-order valence-electron chi connectivity index (χ1n) is 13.5. The minimum atomic E-state index is -0.669. The van der Waals surface area contributed by atoms with Crippen LogP contribution in [0.15, 0.2) is 54.6 Å². The van der Waals surface area contributed by atoms with Gasteiger partial charge in [-0.1, -0.05) is 51.1 Å². The van der Waals surface area contributed by atoms with Crippen molar-refractivity contribution in [3.8, 4) is 0 Å². The molecule has 0 bridgehead atoms. The van der Waals surface area contributed by atoms with E-state index in [4.69, 9.17) is 0 Å². The Morgan fingerprint density at radius 1 is 1.00 bits per heavy atom. The molecule has 2 aliphatic rings. The lowest BCUT2D eigenvalue weighted by Gasteiger charge is -2.32. The molecule has 2 aromatic carbocycles. The third-order valence-electron chi connectivity index (χ3n) is 7.27. The SMILES string of the molecule is CC(C)(C)CC(=O)N(CCc1ccccc1)C1CC(C(=O)N2CCNCC2)N(C(=O)c2ccc(F)cc2)C1. The van der Waals surface area contributed by atoms with Crippen molar-refractivity contribution in [3.63, 3.8) is 0 Å². The average Bonchev–Trinajstić information content (AvgIpc) is 3.33. The summed E-state index contributed by atoms with van der Waals surface area (Å²) in [4.78, 5) is 46.2. The fourth-order valence-corrected chi connectivity index (χ4v) is 5.31. The van der Waals surface area contributed by atoms with Gasteiger partial charge in [0.1, 0.15) is 11.9 Å². The van der Waals surface area contributed by atoms with Gasteiger partial charge < -0.3 is 20.0 Å². The number of benzene rings is 2. The number of amides is 3. The van der Waals surface area contributed by atoms with Crippen molar-refractivity contribution in [2.24, 2.45) is 5.41 Å². The number of likely N-dealkylation sites (tertiary alicyclic amines) is 1. The maximum Gasteiger partial charge on any atom is 0.254 e. The van der Waals surface area contributed by atoms with Crippen LogP contribution in [-0.4, -0.2) is 83.8 Å². The van der Waals surface area contributed by atoms with Crippen LogP contribution in [-0.2, 0) is 16.0 Å². The van der Waals surface area contributed by atoms with Gasteiger partial charge in [-0.3, -0.25) is 14.4 Å². The minimum Gasteiger partial charge on any atom is -0.338 e. The van der Waals surface area contributed by atoms with Crippen molar-refractivity contribution in [2.75, 3.05) is 39.3 Å². The van der Waals surface area contributed by atoms with E-state index in [1.165, 1.54) is 24.3 Å². The Bertz CT molecular complexity index is 1110. The van der Waals surface area contributed by atoms with E-state index in [-0.39, 0.29) is 35.7 Å². The first-order chi connectivity index (χ1) is 18.1. The molecule has 204 valence electrons. The molecule has 8 heteroatoms. The third kappa shape index (κ3) is 6.98. The molecule has 0 radical (unpaired) electrons. The van der Waals surface area contributed by atoms with E-state index < -0.39 is 11.9 Å². The number of carbonyl (C=O) groups excluding carboxylic acids is 3. The number of hydrogen-bond donors (Lipinski definition) is 1. The number of halogens is 1. The molecule has 3 amide bonds. The summed E-state index contributed by atoms with van der Waals surface area (Å²) in [7, 11) is 0. The van der Waals surface area contributed by atoms with Gasteiger partial charge >= 0.3 is 0 Å². The Balaban J connectivity index is 1.61. The van der Waals surface area contributed by atoms with Gasteiger partial charge in [0, 0.05) is 51.3 Å². The maximum absolute atomic E-state index is 13.7. The van der Waals surface area contributed by atoms with Crippen LogP contribution in [0.5, 0.6) is 0 Å². The zero-order chi connectivity index (χ0) is 27.3. The van der Waals surface area contributed by atoms with Crippen LogP contribution < -0.4 is 5.32 Å². The molecule has 0 aliphatic carbocycles. The van der Waals surface area contributed by atoms with Gasteiger partial charge in [0.25, 0.3) is 5.91 Å². The van der Waals surface area contributed by atoms with Crippen molar-refractivity contribution in [1.29, 1.82) is 0 Å². The first-order valence-corrected chi connectivity index (χ1v) is 13.5. The lowest BCUT2D eigenvalue weighted by molar-refractivity contribution is -0.137. The van der Waals surface area contributed by atoms with Crippen LogP contribution in [0.3, 0.4) is 0 Å². The third-order valence-corrected chi connectivity index (χ3v) is 7.27. The van der Waals surface area contributed by atoms with Crippen LogP contribution in [0.4, 0.5) is 4.39 Å². The molecule has 2 atom stereocenters. The molecule has 2 heterocycles. The zero-order valence-corrected chi connectivity index (χ0v) is 22.7. The number of nitrogens with one attached hydrogen (secondary N) is 1. The molecular weight excluding hydrogens is 483 g/mol. The van der Waals surface area contributed by atoms with Gasteiger partial charge in [0.05, 0.1) is 6.04 Å². The summed E-state index contributed by atoms with van der Waals surface area (Å²) in [5.74, 6) is -0.792. The van der Waals surface area contributed by atoms with Crippen molar-refractivity contribution in [3.05, 3.63) is 71.5 Å². The molecule has 38 heavy (non-hydrogen) atoms. The summed E-state index contributed by atoms with van der Waals surface area (Å²) >= 11 is 0. The van der Waals surface area contributed by atoms with Crippen LogP contribution in [0.1, 0.15) is 49.5 Å². The average molecular weight is 523 g/mol. The van der Waals surface area contributed by atoms with Gasteiger partial charge in [-0.25, -0.2) is 4.39 Å². The summed E-state index contributed by atoms with van der Waals surface area (Å²) in [5.41, 5.74) is 1.27. The van der Waals surface area contributed by atoms with E-state index in [2.05, 4.69) is 5.32 Å². The van der Waals surface area contributed by atoms with Crippen LogP contribution in [0, 0.1) is 11.2 Å². The van der Waals surface area contributed by atoms with Crippen molar-refractivity contribution in [2.45, 2.75) is 52.1 Å². The monoisotopic (exact) mass is 522 g/mol. The lowest BCUT2D eigenvalue weighted by atomic mass is 9.91. The largest absolute Gasteiger partial charge is 0.338 e. The molecule has 2 aliphatic heterocycles. The molecule has 0 spiro atoms. The lowest BCUT2D eigenvalue weighted by Crippen LogP contribution is -2.53. The van der Waals surface area contributed by atoms with E-state index in [9.17, 15) is 18.8 Å². The predicted molar refractivity (Wildman–Crippen MR) is 145 cm³/mol. The van der Waals surface area contributed by atoms with Gasteiger partial charge in [0.2, 0.25) is 11.8 Å². The van der Waals surface area contributed by atoms with Crippen LogP contribution >= 0.6 is 0 Å². The molecule has 4 rings (SSSR count). The Hall–Kier alpha value is -3.26. The second-order valence-electron chi connectivity index (χ2n) is 11.5. The topological polar surface area (TPSA) is 73.0 Å². The molecule has 2 aromatic rings. The second kappa shape index (κ2) is 12.1. The molecule has 7 nitrogen and oxygen atoms in total. The quantitative estimate of drug-likeness (QED) is 0.606. The van der Waals surface area contributed by atoms with Crippen LogP contribution in [0.25, 0.3) is 0 Å². The standard InChI is InChI=1S/C30H39FN4O3/c1-30(2,3)20-27(36)34(16-13-22-7-5-4-6-8-22)25-19-26(29(38)33-17-14-32-15-18-33)35(21-25)28(37)23-9-11-24(31)12-10-23/h4-12,25-26,32H,13-21H2,1-3H3. The molecule has 0 saturated carbocycles. The van der Waals surface area contributed by atoms with Gasteiger partial charge in [-0.2, -0.15) is 0 Å². The number of carbonyl (C=O) groups is 3. The highest BCUT2D eigenvalue weighted by Crippen LogP contribution is 2.29. The predicted octanol–water partition coefficient (Wildman–Crippen LogP) is 3.35. The fourth-order valence-electron chi connectivity index (χ4n) is 5.31. The van der Waals surface area contributed by atoms with Crippen LogP contribution in [0.2, 0.25) is 0 Å². The Kier molecular flexibility index (Phi) is 8.82. The number of hydrogen-bond acceptors (Lipinski definition) is 4. The molecule has 2 unspecified atom stereocenters. The number of rotatable bonds is 7. The van der Waals surface area contributed by atoms with E-state index in [1.54, 1.807) is 9.80 Å². The number of piperazine rings is 1. The zero-order valence-electron chi connectivity index (χ0n) is 22.7. The highest BCUT2D eigenvalue weighted by Gasteiger charge is 2.44. The molecule has 2 fully saturated rings. The minimum absolute atomic E-state index is 0.0304. The Morgan fingerprint density at radius 2 is 1.66 bits per heavy atom. The van der Waals surface area contributed by atoms with Gasteiger partial charge in [0.15, 0.2) is 0 Å². The number of nitrogens with zero attached hydrogens (tertiary/aromatic N) is 3.